The van der Waals surface area contributed by atoms with Crippen LogP contribution in [0.2, 0.25) is 10.0 Å². The normalized spacial score (nSPS) is 9.62. The average molecular weight is 379 g/mol. The van der Waals surface area contributed by atoms with Crippen molar-refractivity contribution in [2.24, 2.45) is 0 Å². The first kappa shape index (κ1) is 17.8. The van der Waals surface area contributed by atoms with Crippen LogP contribution in [0.1, 0.15) is 22.3 Å². The van der Waals surface area contributed by atoms with Gasteiger partial charge in [0, 0.05) is 21.2 Å². The number of rotatable bonds is 0. The Kier molecular flexibility index (Phi) is 5.40. The van der Waals surface area contributed by atoms with Crippen molar-refractivity contribution in [1.29, 1.82) is 0 Å². The molecule has 0 spiro atoms. The molecule has 2 N–H and O–H groups in total. The number of phenols is 2. The second-order valence-electron chi connectivity index (χ2n) is 5.37. The molecule has 0 unspecified atom stereocenters. The van der Waals surface area contributed by atoms with E-state index in [1.807, 2.05) is 24.3 Å². The zero-order chi connectivity index (χ0) is 18.5. The Hall–Kier alpha value is -3.04. The van der Waals surface area contributed by atoms with Crippen LogP contribution in [0.5, 0.6) is 11.5 Å². The molecule has 26 heavy (non-hydrogen) atoms. The fourth-order valence-electron chi connectivity index (χ4n) is 2.19. The van der Waals surface area contributed by atoms with Crippen LogP contribution in [0.4, 0.5) is 0 Å². The van der Waals surface area contributed by atoms with E-state index in [1.54, 1.807) is 24.3 Å². The van der Waals surface area contributed by atoms with E-state index in [0.717, 1.165) is 0 Å². The van der Waals surface area contributed by atoms with Crippen molar-refractivity contribution in [2.75, 3.05) is 0 Å². The van der Waals surface area contributed by atoms with Crippen LogP contribution >= 0.6 is 23.2 Å². The first-order chi connectivity index (χ1) is 12.5. The lowest BCUT2D eigenvalue weighted by atomic mass is 10.1. The highest BCUT2D eigenvalue weighted by molar-refractivity contribution is 6.31. The Labute approximate surface area is 161 Å². The summed E-state index contributed by atoms with van der Waals surface area (Å²) in [6, 6.07) is 16.8. The molecular weight excluding hydrogens is 367 g/mol. The van der Waals surface area contributed by atoms with Gasteiger partial charge < -0.3 is 10.2 Å². The van der Waals surface area contributed by atoms with Gasteiger partial charge in [0.05, 0.1) is 11.1 Å². The highest BCUT2D eigenvalue weighted by Gasteiger charge is 2.01. The summed E-state index contributed by atoms with van der Waals surface area (Å²) in [5.41, 5.74) is 2.27. The molecule has 0 aromatic heterocycles. The fraction of sp³-hybridized carbons (Fsp3) is 0. The van der Waals surface area contributed by atoms with Gasteiger partial charge >= 0.3 is 0 Å². The number of aromatic hydroxyl groups is 2. The van der Waals surface area contributed by atoms with Gasteiger partial charge in [-0.2, -0.15) is 0 Å². The van der Waals surface area contributed by atoms with Crippen LogP contribution in [-0.4, -0.2) is 10.2 Å². The Morgan fingerprint density at radius 3 is 1.35 bits per heavy atom. The quantitative estimate of drug-likeness (QED) is 0.527. The minimum Gasteiger partial charge on any atom is -0.507 e. The van der Waals surface area contributed by atoms with Crippen molar-refractivity contribution in [3.05, 3.63) is 93.0 Å². The Morgan fingerprint density at radius 1 is 0.538 bits per heavy atom. The van der Waals surface area contributed by atoms with E-state index >= 15 is 0 Å². The molecule has 0 radical (unpaired) electrons. The Morgan fingerprint density at radius 2 is 0.923 bits per heavy atom. The third-order valence-corrected chi connectivity index (χ3v) is 3.98. The van der Waals surface area contributed by atoms with Gasteiger partial charge in [0.2, 0.25) is 0 Å². The van der Waals surface area contributed by atoms with Gasteiger partial charge in [-0.3, -0.25) is 0 Å². The van der Waals surface area contributed by atoms with Gasteiger partial charge in [-0.15, -0.1) is 0 Å². The summed E-state index contributed by atoms with van der Waals surface area (Å²) in [5.74, 6) is 11.9. The predicted molar refractivity (Wildman–Crippen MR) is 105 cm³/mol. The van der Waals surface area contributed by atoms with E-state index in [0.29, 0.717) is 32.3 Å². The molecule has 0 aliphatic rings. The SMILES string of the molecule is Oc1ccc(Cl)cc1C#Cc1ccccc1C#Cc1cc(Cl)ccc1O. The van der Waals surface area contributed by atoms with Crippen molar-refractivity contribution in [1.82, 2.24) is 0 Å². The number of phenolic OH excluding ortho intramolecular Hbond substituents is 2. The van der Waals surface area contributed by atoms with E-state index < -0.39 is 0 Å². The van der Waals surface area contributed by atoms with Crippen molar-refractivity contribution < 1.29 is 10.2 Å². The van der Waals surface area contributed by atoms with Gasteiger partial charge in [0.1, 0.15) is 11.5 Å². The molecular formula is C22H12Cl2O2. The van der Waals surface area contributed by atoms with E-state index in [-0.39, 0.29) is 11.5 Å². The van der Waals surface area contributed by atoms with E-state index in [2.05, 4.69) is 23.7 Å². The molecule has 0 fully saturated rings. The summed E-state index contributed by atoms with van der Waals surface area (Å²) in [6.07, 6.45) is 0. The van der Waals surface area contributed by atoms with Crippen molar-refractivity contribution in [2.45, 2.75) is 0 Å². The summed E-state index contributed by atoms with van der Waals surface area (Å²) < 4.78 is 0. The molecule has 0 saturated carbocycles. The van der Waals surface area contributed by atoms with Crippen LogP contribution in [0.15, 0.2) is 60.7 Å². The van der Waals surface area contributed by atoms with E-state index in [4.69, 9.17) is 23.2 Å². The topological polar surface area (TPSA) is 40.5 Å². The molecule has 126 valence electrons. The molecule has 2 nitrogen and oxygen atoms in total. The highest BCUT2D eigenvalue weighted by Crippen LogP contribution is 2.21. The zero-order valence-electron chi connectivity index (χ0n) is 13.4. The monoisotopic (exact) mass is 378 g/mol. The van der Waals surface area contributed by atoms with Gasteiger partial charge in [-0.1, -0.05) is 59.0 Å². The predicted octanol–water partition coefficient (Wildman–Crippen LogP) is 5.20. The number of benzene rings is 3. The molecule has 0 atom stereocenters. The third kappa shape index (κ3) is 4.32. The minimum absolute atomic E-state index is 0.0642. The molecule has 4 heteroatoms. The van der Waals surface area contributed by atoms with Crippen LogP contribution in [0.25, 0.3) is 0 Å². The van der Waals surface area contributed by atoms with Gasteiger partial charge in [0.15, 0.2) is 0 Å². The first-order valence-corrected chi connectivity index (χ1v) is 8.38. The number of hydrogen-bond donors (Lipinski definition) is 2. The summed E-state index contributed by atoms with van der Waals surface area (Å²) in [6.45, 7) is 0. The second-order valence-corrected chi connectivity index (χ2v) is 6.24. The van der Waals surface area contributed by atoms with E-state index in [1.165, 1.54) is 12.1 Å². The summed E-state index contributed by atoms with van der Waals surface area (Å²) in [7, 11) is 0. The van der Waals surface area contributed by atoms with Gasteiger partial charge in [-0.05, 0) is 48.5 Å². The summed E-state index contributed by atoms with van der Waals surface area (Å²) in [4.78, 5) is 0. The maximum absolute atomic E-state index is 9.86. The molecule has 3 aromatic rings. The van der Waals surface area contributed by atoms with Gasteiger partial charge in [0.25, 0.3) is 0 Å². The lowest BCUT2D eigenvalue weighted by Crippen LogP contribution is -1.84. The van der Waals surface area contributed by atoms with Crippen LogP contribution in [-0.2, 0) is 0 Å². The molecule has 3 aromatic carbocycles. The largest absolute Gasteiger partial charge is 0.507 e. The molecule has 0 amide bonds. The van der Waals surface area contributed by atoms with Crippen LogP contribution in [0.3, 0.4) is 0 Å². The maximum atomic E-state index is 9.86. The first-order valence-electron chi connectivity index (χ1n) is 7.63. The smallest absolute Gasteiger partial charge is 0.131 e. The standard InChI is InChI=1S/C22H12Cl2O2/c23-19-9-11-21(25)17(13-19)7-5-15-3-1-2-4-16(15)6-8-18-14-20(24)10-12-22(18)26/h1-4,9-14,25-26H. The minimum atomic E-state index is 0.0642. The number of hydrogen-bond acceptors (Lipinski definition) is 2. The average Bonchev–Trinajstić information content (AvgIpc) is 2.64. The van der Waals surface area contributed by atoms with Crippen LogP contribution < -0.4 is 0 Å². The number of halogens is 2. The molecule has 0 saturated heterocycles. The third-order valence-electron chi connectivity index (χ3n) is 3.51. The molecule has 0 heterocycles. The summed E-state index contributed by atoms with van der Waals surface area (Å²) >= 11 is 11.9. The Bertz CT molecular complexity index is 1010. The molecule has 3 rings (SSSR count). The fourth-order valence-corrected chi connectivity index (χ4v) is 2.53. The molecule has 0 aliphatic carbocycles. The van der Waals surface area contributed by atoms with Crippen molar-refractivity contribution in [3.63, 3.8) is 0 Å². The molecule has 0 bridgehead atoms. The lowest BCUT2D eigenvalue weighted by Gasteiger charge is -1.99. The lowest BCUT2D eigenvalue weighted by molar-refractivity contribution is 0.473. The highest BCUT2D eigenvalue weighted by atomic mass is 35.5. The molecule has 0 aliphatic heterocycles. The van der Waals surface area contributed by atoms with Crippen molar-refractivity contribution in [3.8, 4) is 35.2 Å². The Balaban J connectivity index is 1.98. The van der Waals surface area contributed by atoms with Crippen LogP contribution in [0, 0.1) is 23.7 Å². The zero-order valence-corrected chi connectivity index (χ0v) is 14.9. The van der Waals surface area contributed by atoms with E-state index in [9.17, 15) is 10.2 Å². The van der Waals surface area contributed by atoms with Gasteiger partial charge in [-0.25, -0.2) is 0 Å². The van der Waals surface area contributed by atoms with Crippen molar-refractivity contribution >= 4 is 23.2 Å². The summed E-state index contributed by atoms with van der Waals surface area (Å²) in [5, 5.41) is 20.7. The maximum Gasteiger partial charge on any atom is 0.131 e. The second kappa shape index (κ2) is 7.89.